The van der Waals surface area contributed by atoms with E-state index in [4.69, 9.17) is 5.73 Å². The third-order valence-electron chi connectivity index (χ3n) is 1.35. The Labute approximate surface area is 70.7 Å². The van der Waals surface area contributed by atoms with Crippen molar-refractivity contribution < 1.29 is 0 Å². The number of thiophene rings is 1. The largest absolute Gasteiger partial charge is 0.398 e. The van der Waals surface area contributed by atoms with Crippen LogP contribution in [0.15, 0.2) is 24.1 Å². The fourth-order valence-electron chi connectivity index (χ4n) is 0.782. The lowest BCUT2D eigenvalue weighted by Crippen LogP contribution is -2.12. The van der Waals surface area contributed by atoms with Crippen LogP contribution in [-0.4, -0.2) is 6.54 Å². The van der Waals surface area contributed by atoms with E-state index >= 15 is 0 Å². The molecule has 0 bridgehead atoms. The Morgan fingerprint density at radius 2 is 2.55 bits per heavy atom. The van der Waals surface area contributed by atoms with Gasteiger partial charge in [-0.3, -0.25) is 0 Å². The third kappa shape index (κ3) is 2.37. The maximum atomic E-state index is 5.67. The van der Waals surface area contributed by atoms with E-state index in [0.717, 1.165) is 18.8 Å². The van der Waals surface area contributed by atoms with Gasteiger partial charge in [0.15, 0.2) is 0 Å². The molecule has 0 fully saturated rings. The van der Waals surface area contributed by atoms with Crippen molar-refractivity contribution in [2.45, 2.75) is 6.54 Å². The quantitative estimate of drug-likeness (QED) is 0.529. The molecule has 0 aromatic carbocycles. The van der Waals surface area contributed by atoms with Gasteiger partial charge >= 0.3 is 0 Å². The van der Waals surface area contributed by atoms with Gasteiger partial charge < -0.3 is 11.1 Å². The highest BCUT2D eigenvalue weighted by atomic mass is 32.1. The third-order valence-corrected chi connectivity index (χ3v) is 2.29. The van der Waals surface area contributed by atoms with Crippen molar-refractivity contribution >= 4 is 17.0 Å². The molecule has 60 valence electrons. The first kappa shape index (κ1) is 8.30. The van der Waals surface area contributed by atoms with Gasteiger partial charge in [-0.1, -0.05) is 6.08 Å². The van der Waals surface area contributed by atoms with Crippen LogP contribution in [0.2, 0.25) is 0 Å². The number of hydrogen-bond donors (Lipinski definition) is 2. The van der Waals surface area contributed by atoms with Crippen LogP contribution in [0.4, 0.5) is 5.69 Å². The minimum Gasteiger partial charge on any atom is -0.398 e. The zero-order valence-electron chi connectivity index (χ0n) is 6.34. The summed E-state index contributed by atoms with van der Waals surface area (Å²) in [5.74, 6) is 0. The van der Waals surface area contributed by atoms with E-state index in [2.05, 4.69) is 11.9 Å². The standard InChI is InChI=1S/C8H12N2S/c1-2-4-10-6-8-7(9)3-5-11-8/h2-3,5,10H,1,4,6,9H2. The van der Waals surface area contributed by atoms with Gasteiger partial charge in [-0.25, -0.2) is 0 Å². The number of anilines is 1. The van der Waals surface area contributed by atoms with Crippen molar-refractivity contribution in [1.29, 1.82) is 0 Å². The molecule has 2 nitrogen and oxygen atoms in total. The first-order valence-corrected chi connectivity index (χ1v) is 4.36. The Balaban J connectivity index is 2.38. The monoisotopic (exact) mass is 168 g/mol. The van der Waals surface area contributed by atoms with Gasteiger partial charge in [0.05, 0.1) is 0 Å². The lowest BCUT2D eigenvalue weighted by atomic mass is 10.4. The van der Waals surface area contributed by atoms with Crippen LogP contribution in [0.25, 0.3) is 0 Å². The molecule has 0 unspecified atom stereocenters. The van der Waals surface area contributed by atoms with Gasteiger partial charge in [0, 0.05) is 23.7 Å². The van der Waals surface area contributed by atoms with Crippen LogP contribution >= 0.6 is 11.3 Å². The molecule has 3 N–H and O–H groups in total. The zero-order valence-corrected chi connectivity index (χ0v) is 7.16. The van der Waals surface area contributed by atoms with Gasteiger partial charge in [0.2, 0.25) is 0 Å². The summed E-state index contributed by atoms with van der Waals surface area (Å²) in [4.78, 5) is 1.20. The Bertz CT molecular complexity index is 230. The SMILES string of the molecule is C=CCNCc1sccc1N. The molecule has 0 aliphatic carbocycles. The van der Waals surface area contributed by atoms with Crippen molar-refractivity contribution in [1.82, 2.24) is 5.32 Å². The molecule has 0 atom stereocenters. The van der Waals surface area contributed by atoms with Crippen LogP contribution in [-0.2, 0) is 6.54 Å². The number of hydrogen-bond acceptors (Lipinski definition) is 3. The summed E-state index contributed by atoms with van der Waals surface area (Å²) in [6.07, 6.45) is 1.84. The fraction of sp³-hybridized carbons (Fsp3) is 0.250. The second kappa shape index (κ2) is 4.16. The van der Waals surface area contributed by atoms with Gasteiger partial charge in [-0.15, -0.1) is 17.9 Å². The predicted octanol–water partition coefficient (Wildman–Crippen LogP) is 1.61. The topological polar surface area (TPSA) is 38.0 Å². The second-order valence-electron chi connectivity index (χ2n) is 2.22. The van der Waals surface area contributed by atoms with Gasteiger partial charge in [0.1, 0.15) is 0 Å². The van der Waals surface area contributed by atoms with E-state index in [1.165, 1.54) is 4.88 Å². The van der Waals surface area contributed by atoms with Gasteiger partial charge in [-0.2, -0.15) is 0 Å². The molecule has 1 heterocycles. The number of nitrogen functional groups attached to an aromatic ring is 1. The molecule has 1 aromatic rings. The highest BCUT2D eigenvalue weighted by Gasteiger charge is 1.97. The van der Waals surface area contributed by atoms with Crippen molar-refractivity contribution in [3.05, 3.63) is 29.0 Å². The second-order valence-corrected chi connectivity index (χ2v) is 3.22. The summed E-state index contributed by atoms with van der Waals surface area (Å²) in [5.41, 5.74) is 6.55. The van der Waals surface area contributed by atoms with Gasteiger partial charge in [-0.05, 0) is 11.4 Å². The average Bonchev–Trinajstić information content (AvgIpc) is 2.37. The molecule has 0 saturated heterocycles. The average molecular weight is 168 g/mol. The number of nitrogens with one attached hydrogen (secondary N) is 1. The maximum absolute atomic E-state index is 5.67. The molecular formula is C8H12N2S. The maximum Gasteiger partial charge on any atom is 0.0468 e. The Morgan fingerprint density at radius 1 is 1.73 bits per heavy atom. The Hall–Kier alpha value is -0.800. The van der Waals surface area contributed by atoms with E-state index < -0.39 is 0 Å². The predicted molar refractivity (Wildman–Crippen MR) is 50.6 cm³/mol. The summed E-state index contributed by atoms with van der Waals surface area (Å²) in [6, 6.07) is 1.93. The zero-order chi connectivity index (χ0) is 8.10. The molecule has 0 radical (unpaired) electrons. The molecule has 0 aliphatic heterocycles. The van der Waals surface area contributed by atoms with E-state index in [1.807, 2.05) is 17.5 Å². The van der Waals surface area contributed by atoms with Crippen LogP contribution in [0.3, 0.4) is 0 Å². The normalized spacial score (nSPS) is 9.82. The molecule has 0 amide bonds. The summed E-state index contributed by atoms with van der Waals surface area (Å²) in [7, 11) is 0. The first-order valence-electron chi connectivity index (χ1n) is 3.48. The molecule has 0 saturated carbocycles. The van der Waals surface area contributed by atoms with Crippen molar-refractivity contribution in [3.63, 3.8) is 0 Å². The lowest BCUT2D eigenvalue weighted by molar-refractivity contribution is 0.772. The first-order chi connectivity index (χ1) is 5.34. The smallest absolute Gasteiger partial charge is 0.0468 e. The summed E-state index contributed by atoms with van der Waals surface area (Å²) >= 11 is 1.68. The van der Waals surface area contributed by atoms with Crippen LogP contribution in [0.5, 0.6) is 0 Å². The van der Waals surface area contributed by atoms with Gasteiger partial charge in [0.25, 0.3) is 0 Å². The molecule has 0 spiro atoms. The highest BCUT2D eigenvalue weighted by molar-refractivity contribution is 7.10. The molecular weight excluding hydrogens is 156 g/mol. The summed E-state index contributed by atoms with van der Waals surface area (Å²) < 4.78 is 0. The minimum atomic E-state index is 0.831. The molecule has 11 heavy (non-hydrogen) atoms. The number of rotatable bonds is 4. The van der Waals surface area contributed by atoms with E-state index in [0.29, 0.717) is 0 Å². The van der Waals surface area contributed by atoms with Crippen molar-refractivity contribution in [3.8, 4) is 0 Å². The minimum absolute atomic E-state index is 0.831. The Morgan fingerprint density at radius 3 is 3.09 bits per heavy atom. The van der Waals surface area contributed by atoms with Crippen LogP contribution in [0.1, 0.15) is 4.88 Å². The summed E-state index contributed by atoms with van der Waals surface area (Å²) in [6.45, 7) is 5.29. The number of nitrogens with two attached hydrogens (primary N) is 1. The van der Waals surface area contributed by atoms with E-state index in [1.54, 1.807) is 11.3 Å². The highest BCUT2D eigenvalue weighted by Crippen LogP contribution is 2.17. The van der Waals surface area contributed by atoms with Crippen molar-refractivity contribution in [2.75, 3.05) is 12.3 Å². The molecule has 1 rings (SSSR count). The van der Waals surface area contributed by atoms with Crippen molar-refractivity contribution in [2.24, 2.45) is 0 Å². The molecule has 3 heteroatoms. The van der Waals surface area contributed by atoms with Crippen LogP contribution in [0, 0.1) is 0 Å². The Kier molecular flexibility index (Phi) is 3.14. The van der Waals surface area contributed by atoms with Crippen LogP contribution < -0.4 is 11.1 Å². The summed E-state index contributed by atoms with van der Waals surface area (Å²) in [5, 5.41) is 5.19. The molecule has 0 aliphatic rings. The molecule has 1 aromatic heterocycles. The fourth-order valence-corrected chi connectivity index (χ4v) is 1.55. The lowest BCUT2D eigenvalue weighted by Gasteiger charge is -1.98. The van der Waals surface area contributed by atoms with E-state index in [-0.39, 0.29) is 0 Å². The van der Waals surface area contributed by atoms with E-state index in [9.17, 15) is 0 Å².